The van der Waals surface area contributed by atoms with Gasteiger partial charge in [0.15, 0.2) is 0 Å². The standard InChI is InChI=1S/C11H25NO2/c1-11(2,3)6-5-10(13)9-12-7-8-14-4/h10,12-13H,5-9H2,1-4H3. The Labute approximate surface area is 87.8 Å². The summed E-state index contributed by atoms with van der Waals surface area (Å²) < 4.78 is 4.89. The highest BCUT2D eigenvalue weighted by Gasteiger charge is 2.12. The van der Waals surface area contributed by atoms with E-state index >= 15 is 0 Å². The van der Waals surface area contributed by atoms with Crippen LogP contribution >= 0.6 is 0 Å². The van der Waals surface area contributed by atoms with Crippen LogP contribution in [0.4, 0.5) is 0 Å². The third-order valence-corrected chi connectivity index (χ3v) is 2.09. The average molecular weight is 203 g/mol. The molecule has 0 aromatic carbocycles. The van der Waals surface area contributed by atoms with E-state index in [1.165, 1.54) is 0 Å². The molecule has 0 spiro atoms. The molecule has 0 bridgehead atoms. The summed E-state index contributed by atoms with van der Waals surface area (Å²) in [6.07, 6.45) is 1.69. The van der Waals surface area contributed by atoms with Gasteiger partial charge in [0, 0.05) is 20.2 Å². The fraction of sp³-hybridized carbons (Fsp3) is 1.00. The first-order valence-electron chi connectivity index (χ1n) is 5.33. The molecule has 0 aromatic heterocycles. The molecule has 0 rings (SSSR count). The Bertz CT molecular complexity index is 132. The Hall–Kier alpha value is -0.120. The number of ether oxygens (including phenoxy) is 1. The normalized spacial score (nSPS) is 14.4. The van der Waals surface area contributed by atoms with Gasteiger partial charge < -0.3 is 15.2 Å². The van der Waals surface area contributed by atoms with E-state index in [0.717, 1.165) is 19.4 Å². The first kappa shape index (κ1) is 13.9. The van der Waals surface area contributed by atoms with E-state index in [2.05, 4.69) is 26.1 Å². The highest BCUT2D eigenvalue weighted by Crippen LogP contribution is 2.21. The molecule has 0 fully saturated rings. The summed E-state index contributed by atoms with van der Waals surface area (Å²) in [5, 5.41) is 12.8. The van der Waals surface area contributed by atoms with Gasteiger partial charge in [-0.2, -0.15) is 0 Å². The summed E-state index contributed by atoms with van der Waals surface area (Å²) in [6.45, 7) is 8.75. The Morgan fingerprint density at radius 1 is 1.36 bits per heavy atom. The minimum absolute atomic E-state index is 0.230. The molecule has 0 aliphatic carbocycles. The summed E-state index contributed by atoms with van der Waals surface area (Å²) >= 11 is 0. The molecule has 0 aliphatic rings. The van der Waals surface area contributed by atoms with Gasteiger partial charge in [-0.25, -0.2) is 0 Å². The minimum Gasteiger partial charge on any atom is -0.392 e. The van der Waals surface area contributed by atoms with Gasteiger partial charge in [0.2, 0.25) is 0 Å². The Morgan fingerprint density at radius 3 is 2.50 bits per heavy atom. The van der Waals surface area contributed by atoms with Crippen LogP contribution in [0.2, 0.25) is 0 Å². The molecular weight excluding hydrogens is 178 g/mol. The smallest absolute Gasteiger partial charge is 0.0664 e. The van der Waals surface area contributed by atoms with Crippen molar-refractivity contribution in [3.8, 4) is 0 Å². The highest BCUT2D eigenvalue weighted by molar-refractivity contribution is 4.66. The van der Waals surface area contributed by atoms with Crippen LogP contribution in [0.15, 0.2) is 0 Å². The second kappa shape index (κ2) is 7.21. The van der Waals surface area contributed by atoms with E-state index in [1.54, 1.807) is 7.11 Å². The quantitative estimate of drug-likeness (QED) is 0.615. The number of aliphatic hydroxyl groups is 1. The van der Waals surface area contributed by atoms with Crippen molar-refractivity contribution in [2.75, 3.05) is 26.8 Å². The Kier molecular flexibility index (Phi) is 7.15. The van der Waals surface area contributed by atoms with Crippen molar-refractivity contribution >= 4 is 0 Å². The lowest BCUT2D eigenvalue weighted by molar-refractivity contribution is 0.137. The molecule has 0 saturated carbocycles. The topological polar surface area (TPSA) is 41.5 Å². The molecule has 1 unspecified atom stereocenters. The van der Waals surface area contributed by atoms with Crippen LogP contribution < -0.4 is 5.32 Å². The predicted molar refractivity (Wildman–Crippen MR) is 59.4 cm³/mol. The molecule has 3 heteroatoms. The second-order valence-electron chi connectivity index (χ2n) is 4.95. The lowest BCUT2D eigenvalue weighted by atomic mass is 9.89. The van der Waals surface area contributed by atoms with Crippen LogP contribution in [0.1, 0.15) is 33.6 Å². The summed E-state index contributed by atoms with van der Waals surface area (Å²) in [7, 11) is 1.68. The van der Waals surface area contributed by atoms with Crippen molar-refractivity contribution in [2.45, 2.75) is 39.7 Å². The molecule has 86 valence electrons. The number of aliphatic hydroxyl groups excluding tert-OH is 1. The molecule has 0 aliphatic heterocycles. The van der Waals surface area contributed by atoms with E-state index in [9.17, 15) is 5.11 Å². The predicted octanol–water partition coefficient (Wildman–Crippen LogP) is 1.41. The largest absolute Gasteiger partial charge is 0.392 e. The van der Waals surface area contributed by atoms with Crippen LogP contribution in [-0.4, -0.2) is 38.0 Å². The van der Waals surface area contributed by atoms with E-state index in [4.69, 9.17) is 4.74 Å². The number of nitrogens with one attached hydrogen (secondary N) is 1. The molecule has 0 saturated heterocycles. The SMILES string of the molecule is COCCNCC(O)CCC(C)(C)C. The molecular formula is C11H25NO2. The summed E-state index contributed by atoms with van der Waals surface area (Å²) in [6, 6.07) is 0. The van der Waals surface area contributed by atoms with E-state index in [1.807, 2.05) is 0 Å². The number of rotatable bonds is 7. The van der Waals surface area contributed by atoms with Crippen LogP contribution in [0.5, 0.6) is 0 Å². The van der Waals surface area contributed by atoms with Crippen LogP contribution in [0, 0.1) is 5.41 Å². The van der Waals surface area contributed by atoms with Gasteiger partial charge in [-0.3, -0.25) is 0 Å². The van der Waals surface area contributed by atoms with E-state index in [0.29, 0.717) is 18.6 Å². The summed E-state index contributed by atoms with van der Waals surface area (Å²) in [5.41, 5.74) is 0.313. The first-order chi connectivity index (χ1) is 6.45. The van der Waals surface area contributed by atoms with Crippen LogP contribution in [0.3, 0.4) is 0 Å². The third-order valence-electron chi connectivity index (χ3n) is 2.09. The Balaban J connectivity index is 3.32. The second-order valence-corrected chi connectivity index (χ2v) is 4.95. The molecule has 0 radical (unpaired) electrons. The van der Waals surface area contributed by atoms with Crippen LogP contribution in [-0.2, 0) is 4.74 Å². The van der Waals surface area contributed by atoms with E-state index < -0.39 is 0 Å². The monoisotopic (exact) mass is 203 g/mol. The zero-order chi connectivity index (χ0) is 11.0. The Morgan fingerprint density at radius 2 is 2.00 bits per heavy atom. The maximum absolute atomic E-state index is 9.61. The fourth-order valence-electron chi connectivity index (χ4n) is 1.14. The van der Waals surface area contributed by atoms with Gasteiger partial charge in [0.1, 0.15) is 0 Å². The third kappa shape index (κ3) is 9.96. The molecule has 14 heavy (non-hydrogen) atoms. The zero-order valence-electron chi connectivity index (χ0n) is 9.97. The van der Waals surface area contributed by atoms with Gasteiger partial charge in [-0.05, 0) is 18.3 Å². The van der Waals surface area contributed by atoms with Crippen molar-refractivity contribution in [1.29, 1.82) is 0 Å². The van der Waals surface area contributed by atoms with Crippen molar-refractivity contribution < 1.29 is 9.84 Å². The van der Waals surface area contributed by atoms with Gasteiger partial charge in [-0.15, -0.1) is 0 Å². The van der Waals surface area contributed by atoms with Gasteiger partial charge >= 0.3 is 0 Å². The zero-order valence-corrected chi connectivity index (χ0v) is 9.97. The van der Waals surface area contributed by atoms with Gasteiger partial charge in [-0.1, -0.05) is 20.8 Å². The van der Waals surface area contributed by atoms with Crippen molar-refractivity contribution in [3.63, 3.8) is 0 Å². The lowest BCUT2D eigenvalue weighted by Crippen LogP contribution is -2.30. The average Bonchev–Trinajstić information content (AvgIpc) is 2.08. The molecule has 0 amide bonds. The molecule has 3 nitrogen and oxygen atoms in total. The van der Waals surface area contributed by atoms with Crippen LogP contribution in [0.25, 0.3) is 0 Å². The van der Waals surface area contributed by atoms with E-state index in [-0.39, 0.29) is 6.10 Å². The highest BCUT2D eigenvalue weighted by atomic mass is 16.5. The maximum Gasteiger partial charge on any atom is 0.0664 e. The van der Waals surface area contributed by atoms with Crippen molar-refractivity contribution in [1.82, 2.24) is 5.32 Å². The summed E-state index contributed by atoms with van der Waals surface area (Å²) in [5.74, 6) is 0. The first-order valence-corrected chi connectivity index (χ1v) is 5.33. The minimum atomic E-state index is -0.230. The summed E-state index contributed by atoms with van der Waals surface area (Å²) in [4.78, 5) is 0. The molecule has 0 heterocycles. The maximum atomic E-state index is 9.61. The number of hydrogen-bond donors (Lipinski definition) is 2. The van der Waals surface area contributed by atoms with Gasteiger partial charge in [0.05, 0.1) is 12.7 Å². The lowest BCUT2D eigenvalue weighted by Gasteiger charge is -2.20. The van der Waals surface area contributed by atoms with Crippen molar-refractivity contribution in [2.24, 2.45) is 5.41 Å². The molecule has 1 atom stereocenters. The molecule has 2 N–H and O–H groups in total. The number of hydrogen-bond acceptors (Lipinski definition) is 3. The number of methoxy groups -OCH3 is 1. The van der Waals surface area contributed by atoms with Gasteiger partial charge in [0.25, 0.3) is 0 Å². The van der Waals surface area contributed by atoms with Crippen molar-refractivity contribution in [3.05, 3.63) is 0 Å². The molecule has 0 aromatic rings. The fourth-order valence-corrected chi connectivity index (χ4v) is 1.14.